The third-order valence-electron chi connectivity index (χ3n) is 2.65. The van der Waals surface area contributed by atoms with Gasteiger partial charge in [0.15, 0.2) is 0 Å². The molecule has 0 heterocycles. The van der Waals surface area contributed by atoms with E-state index in [1.54, 1.807) is 16.9 Å². The third kappa shape index (κ3) is 5.86. The van der Waals surface area contributed by atoms with Gasteiger partial charge in [0.05, 0.1) is 13.0 Å². The molecule has 6 nitrogen and oxygen atoms in total. The van der Waals surface area contributed by atoms with Crippen LogP contribution in [-0.4, -0.2) is 66.3 Å². The van der Waals surface area contributed by atoms with E-state index in [2.05, 4.69) is 0 Å². The minimum Gasteiger partial charge on any atom is -0.481 e. The molecule has 0 aliphatic heterocycles. The number of aliphatic carboxylic acids is 1. The van der Waals surface area contributed by atoms with Gasteiger partial charge in [0.2, 0.25) is 0 Å². The van der Waals surface area contributed by atoms with E-state index in [1.807, 2.05) is 20.8 Å². The van der Waals surface area contributed by atoms with E-state index in [0.717, 1.165) is 0 Å². The molecule has 0 unspecified atom stereocenters. The molecule has 0 aromatic rings. The number of carboxylic acid groups (broad SMARTS) is 1. The maximum atomic E-state index is 12.2. The summed E-state index contributed by atoms with van der Waals surface area (Å²) in [5.74, 6) is -0.894. The van der Waals surface area contributed by atoms with Gasteiger partial charge in [0.25, 0.3) is 0 Å². The molecular weight excluding hydrogens is 236 g/mol. The number of carbonyl (C=O) groups excluding carboxylic acids is 1. The Labute approximate surface area is 109 Å². The van der Waals surface area contributed by atoms with Gasteiger partial charge < -0.3 is 19.6 Å². The summed E-state index contributed by atoms with van der Waals surface area (Å²) in [5.41, 5.74) is 0. The molecule has 6 heteroatoms. The van der Waals surface area contributed by atoms with Gasteiger partial charge >= 0.3 is 12.0 Å². The third-order valence-corrected chi connectivity index (χ3v) is 2.65. The fourth-order valence-corrected chi connectivity index (χ4v) is 1.57. The SMILES string of the molecule is CCN(CCC(=O)O)C(=O)N(CCOC)C(C)C. The fourth-order valence-electron chi connectivity index (χ4n) is 1.57. The second-order valence-electron chi connectivity index (χ2n) is 4.29. The Morgan fingerprint density at radius 3 is 2.28 bits per heavy atom. The number of ether oxygens (including phenoxy) is 1. The summed E-state index contributed by atoms with van der Waals surface area (Å²) in [6.07, 6.45) is -0.0320. The number of amides is 2. The molecule has 18 heavy (non-hydrogen) atoms. The van der Waals surface area contributed by atoms with Gasteiger partial charge in [-0.15, -0.1) is 0 Å². The van der Waals surface area contributed by atoms with Gasteiger partial charge in [-0.3, -0.25) is 4.79 Å². The van der Waals surface area contributed by atoms with Crippen molar-refractivity contribution in [2.75, 3.05) is 33.4 Å². The van der Waals surface area contributed by atoms with E-state index in [9.17, 15) is 9.59 Å². The largest absolute Gasteiger partial charge is 0.481 e. The highest BCUT2D eigenvalue weighted by Gasteiger charge is 2.22. The lowest BCUT2D eigenvalue weighted by molar-refractivity contribution is -0.137. The van der Waals surface area contributed by atoms with Crippen molar-refractivity contribution in [3.05, 3.63) is 0 Å². The molecule has 0 saturated carbocycles. The molecule has 0 spiro atoms. The topological polar surface area (TPSA) is 70.1 Å². The molecule has 2 amide bonds. The molecule has 0 aliphatic rings. The van der Waals surface area contributed by atoms with E-state index < -0.39 is 5.97 Å². The van der Waals surface area contributed by atoms with Gasteiger partial charge in [0, 0.05) is 32.8 Å². The van der Waals surface area contributed by atoms with Crippen molar-refractivity contribution < 1.29 is 19.4 Å². The first-order chi connectivity index (χ1) is 8.43. The zero-order chi connectivity index (χ0) is 14.1. The van der Waals surface area contributed by atoms with Crippen LogP contribution in [0.15, 0.2) is 0 Å². The zero-order valence-corrected chi connectivity index (χ0v) is 11.7. The van der Waals surface area contributed by atoms with Gasteiger partial charge in [-0.1, -0.05) is 0 Å². The minimum atomic E-state index is -0.894. The summed E-state index contributed by atoms with van der Waals surface area (Å²) in [7, 11) is 1.59. The smallest absolute Gasteiger partial charge is 0.320 e. The summed E-state index contributed by atoms with van der Waals surface area (Å²) >= 11 is 0. The molecule has 0 bridgehead atoms. The highest BCUT2D eigenvalue weighted by atomic mass is 16.5. The van der Waals surface area contributed by atoms with Gasteiger partial charge in [-0.2, -0.15) is 0 Å². The van der Waals surface area contributed by atoms with Crippen molar-refractivity contribution in [1.29, 1.82) is 0 Å². The van der Waals surface area contributed by atoms with E-state index >= 15 is 0 Å². The van der Waals surface area contributed by atoms with Gasteiger partial charge in [-0.25, -0.2) is 4.79 Å². The van der Waals surface area contributed by atoms with Crippen LogP contribution >= 0.6 is 0 Å². The fraction of sp³-hybridized carbons (Fsp3) is 0.833. The second kappa shape index (κ2) is 8.74. The molecule has 0 saturated heterocycles. The normalized spacial score (nSPS) is 10.5. The number of rotatable bonds is 8. The first-order valence-corrected chi connectivity index (χ1v) is 6.20. The molecule has 1 N–H and O–H groups in total. The first-order valence-electron chi connectivity index (χ1n) is 6.20. The van der Waals surface area contributed by atoms with E-state index in [1.165, 1.54) is 0 Å². The molecule has 0 aliphatic carbocycles. The Morgan fingerprint density at radius 1 is 1.28 bits per heavy atom. The first kappa shape index (κ1) is 16.7. The Hall–Kier alpha value is -1.30. The number of nitrogens with zero attached hydrogens (tertiary/aromatic N) is 2. The lowest BCUT2D eigenvalue weighted by Crippen LogP contribution is -2.48. The van der Waals surface area contributed by atoms with Crippen LogP contribution in [0.25, 0.3) is 0 Å². The highest BCUT2D eigenvalue weighted by molar-refractivity contribution is 5.75. The van der Waals surface area contributed by atoms with E-state index in [0.29, 0.717) is 19.7 Å². The average Bonchev–Trinajstić information content (AvgIpc) is 2.29. The Bertz CT molecular complexity index is 269. The monoisotopic (exact) mass is 260 g/mol. The average molecular weight is 260 g/mol. The Kier molecular flexibility index (Phi) is 8.11. The van der Waals surface area contributed by atoms with Crippen LogP contribution in [-0.2, 0) is 9.53 Å². The summed E-state index contributed by atoms with van der Waals surface area (Å²) in [6, 6.07) is -0.0719. The van der Waals surface area contributed by atoms with Crippen molar-refractivity contribution in [2.24, 2.45) is 0 Å². The van der Waals surface area contributed by atoms with Crippen molar-refractivity contribution in [2.45, 2.75) is 33.2 Å². The van der Waals surface area contributed by atoms with Crippen molar-refractivity contribution in [1.82, 2.24) is 9.80 Å². The van der Waals surface area contributed by atoms with Crippen molar-refractivity contribution in [3.63, 3.8) is 0 Å². The molecular formula is C12H24N2O4. The Morgan fingerprint density at radius 2 is 1.89 bits per heavy atom. The molecule has 106 valence electrons. The quantitative estimate of drug-likeness (QED) is 0.713. The zero-order valence-electron chi connectivity index (χ0n) is 11.7. The van der Waals surface area contributed by atoms with Gasteiger partial charge in [-0.05, 0) is 20.8 Å². The standard InChI is InChI=1S/C12H24N2O4/c1-5-13(7-6-11(15)16)12(17)14(10(2)3)8-9-18-4/h10H,5-9H2,1-4H3,(H,15,16). The van der Waals surface area contributed by atoms with Gasteiger partial charge in [0.1, 0.15) is 0 Å². The molecule has 0 rings (SSSR count). The van der Waals surface area contributed by atoms with Crippen LogP contribution in [0.4, 0.5) is 4.79 Å². The summed E-state index contributed by atoms with van der Waals surface area (Å²) in [6.45, 7) is 7.42. The molecule has 0 aromatic heterocycles. The summed E-state index contributed by atoms with van der Waals surface area (Å²) in [4.78, 5) is 26.0. The Balaban J connectivity index is 4.53. The van der Waals surface area contributed by atoms with Crippen LogP contribution in [0.3, 0.4) is 0 Å². The van der Waals surface area contributed by atoms with Crippen LogP contribution < -0.4 is 0 Å². The number of hydrogen-bond acceptors (Lipinski definition) is 3. The molecule has 0 radical (unpaired) electrons. The number of carbonyl (C=O) groups is 2. The predicted octanol–water partition coefficient (Wildman–Crippen LogP) is 1.26. The van der Waals surface area contributed by atoms with Crippen LogP contribution in [0, 0.1) is 0 Å². The second-order valence-corrected chi connectivity index (χ2v) is 4.29. The number of carboxylic acids is 1. The number of methoxy groups -OCH3 is 1. The summed E-state index contributed by atoms with van der Waals surface area (Å²) in [5, 5.41) is 8.66. The van der Waals surface area contributed by atoms with E-state index in [-0.39, 0.29) is 25.0 Å². The van der Waals surface area contributed by atoms with Crippen molar-refractivity contribution >= 4 is 12.0 Å². The highest BCUT2D eigenvalue weighted by Crippen LogP contribution is 2.05. The number of hydrogen-bond donors (Lipinski definition) is 1. The maximum Gasteiger partial charge on any atom is 0.320 e. The lowest BCUT2D eigenvalue weighted by atomic mass is 10.3. The molecule has 0 aromatic carbocycles. The van der Waals surface area contributed by atoms with Crippen LogP contribution in [0.5, 0.6) is 0 Å². The van der Waals surface area contributed by atoms with Crippen molar-refractivity contribution in [3.8, 4) is 0 Å². The molecule has 0 fully saturated rings. The maximum absolute atomic E-state index is 12.2. The predicted molar refractivity (Wildman–Crippen MR) is 68.6 cm³/mol. The molecule has 0 atom stereocenters. The van der Waals surface area contributed by atoms with E-state index in [4.69, 9.17) is 9.84 Å². The summed E-state index contributed by atoms with van der Waals surface area (Å²) < 4.78 is 4.98. The van der Waals surface area contributed by atoms with Crippen LogP contribution in [0.2, 0.25) is 0 Å². The lowest BCUT2D eigenvalue weighted by Gasteiger charge is -2.32. The van der Waals surface area contributed by atoms with Crippen LogP contribution in [0.1, 0.15) is 27.2 Å². The minimum absolute atomic E-state index is 0.0320. The number of urea groups is 1.